The molecule has 1 unspecified atom stereocenters. The van der Waals surface area contributed by atoms with Crippen molar-refractivity contribution in [1.82, 2.24) is 5.32 Å². The van der Waals surface area contributed by atoms with Crippen LogP contribution in [0.1, 0.15) is 65.5 Å². The van der Waals surface area contributed by atoms with Crippen LogP contribution in [0.3, 0.4) is 0 Å². The zero-order chi connectivity index (χ0) is 14.6. The Balaban J connectivity index is 2.86. The van der Waals surface area contributed by atoms with Crippen molar-refractivity contribution in [3.63, 3.8) is 0 Å². The molecule has 0 saturated heterocycles. The van der Waals surface area contributed by atoms with Gasteiger partial charge >= 0.3 is 0 Å². The molecule has 0 aliphatic heterocycles. The van der Waals surface area contributed by atoms with Gasteiger partial charge in [-0.15, -0.1) is 0 Å². The second-order valence-corrected chi connectivity index (χ2v) is 7.29. The normalized spacial score (nSPS) is 14.2. The smallest absolute Gasteiger partial charge is 0.00249 e. The van der Waals surface area contributed by atoms with Crippen LogP contribution in [-0.4, -0.2) is 12.6 Å². The Morgan fingerprint density at radius 3 is 1.84 bits per heavy atom. The lowest BCUT2D eigenvalue weighted by Gasteiger charge is -2.25. The molecule has 1 atom stereocenters. The maximum atomic E-state index is 3.57. The first-order valence-corrected chi connectivity index (χ1v) is 7.55. The first-order chi connectivity index (χ1) is 8.71. The molecule has 0 radical (unpaired) electrons. The Labute approximate surface area is 119 Å². The van der Waals surface area contributed by atoms with Crippen molar-refractivity contribution in [2.75, 3.05) is 6.54 Å². The van der Waals surface area contributed by atoms with Crippen LogP contribution in [0.4, 0.5) is 0 Å². The van der Waals surface area contributed by atoms with E-state index in [1.807, 2.05) is 0 Å². The van der Waals surface area contributed by atoms with Crippen molar-refractivity contribution in [3.05, 3.63) is 35.4 Å². The number of hydrogen-bond donors (Lipinski definition) is 1. The minimum absolute atomic E-state index is 0.238. The summed E-state index contributed by atoms with van der Waals surface area (Å²) in [7, 11) is 0. The van der Waals surface area contributed by atoms with Crippen LogP contribution in [0.15, 0.2) is 24.3 Å². The van der Waals surface area contributed by atoms with Gasteiger partial charge in [0.2, 0.25) is 0 Å². The lowest BCUT2D eigenvalue weighted by Crippen LogP contribution is -2.30. The van der Waals surface area contributed by atoms with Gasteiger partial charge in [0.25, 0.3) is 0 Å². The summed E-state index contributed by atoms with van der Waals surface area (Å²) in [5.74, 6) is 1.25. The second kappa shape index (κ2) is 6.56. The third kappa shape index (κ3) is 4.99. The van der Waals surface area contributed by atoms with Gasteiger partial charge in [0.1, 0.15) is 0 Å². The van der Waals surface area contributed by atoms with Gasteiger partial charge in [-0.25, -0.2) is 0 Å². The van der Waals surface area contributed by atoms with Gasteiger partial charge in [-0.2, -0.15) is 0 Å². The van der Waals surface area contributed by atoms with Gasteiger partial charge in [0, 0.05) is 12.6 Å². The monoisotopic (exact) mass is 261 g/mol. The third-order valence-electron chi connectivity index (χ3n) is 3.76. The summed E-state index contributed by atoms with van der Waals surface area (Å²) in [5, 5.41) is 3.57. The predicted molar refractivity (Wildman–Crippen MR) is 85.9 cm³/mol. The number of rotatable bonds is 5. The lowest BCUT2D eigenvalue weighted by atomic mass is 9.83. The van der Waals surface area contributed by atoms with E-state index >= 15 is 0 Å². The zero-order valence-electron chi connectivity index (χ0n) is 13.7. The number of benzene rings is 1. The Morgan fingerprint density at radius 1 is 0.947 bits per heavy atom. The molecule has 0 aliphatic rings. The fourth-order valence-corrected chi connectivity index (χ4v) is 2.33. The average molecular weight is 261 g/mol. The largest absolute Gasteiger partial charge is 0.314 e. The highest BCUT2D eigenvalue weighted by atomic mass is 14.9. The summed E-state index contributed by atoms with van der Waals surface area (Å²) >= 11 is 0. The quantitative estimate of drug-likeness (QED) is 0.808. The fourth-order valence-electron chi connectivity index (χ4n) is 2.33. The standard InChI is InChI=1S/C18H31N/c1-13(2)17(12-19-14(3)4)15-8-10-16(11-9-15)18(5,6)7/h8-11,13-14,17,19H,12H2,1-7H3. The Bertz CT molecular complexity index is 368. The number of nitrogens with one attached hydrogen (secondary N) is 1. The highest BCUT2D eigenvalue weighted by Crippen LogP contribution is 2.27. The Hall–Kier alpha value is -0.820. The molecule has 0 aromatic heterocycles. The molecular formula is C18H31N. The minimum Gasteiger partial charge on any atom is -0.314 e. The molecule has 0 bridgehead atoms. The summed E-state index contributed by atoms with van der Waals surface area (Å²) in [4.78, 5) is 0. The van der Waals surface area contributed by atoms with E-state index in [2.05, 4.69) is 78.0 Å². The van der Waals surface area contributed by atoms with Crippen molar-refractivity contribution in [2.24, 2.45) is 5.92 Å². The first-order valence-electron chi connectivity index (χ1n) is 7.55. The third-order valence-corrected chi connectivity index (χ3v) is 3.76. The fraction of sp³-hybridized carbons (Fsp3) is 0.667. The van der Waals surface area contributed by atoms with Crippen molar-refractivity contribution in [2.45, 2.75) is 65.8 Å². The maximum absolute atomic E-state index is 3.57. The summed E-state index contributed by atoms with van der Waals surface area (Å²) < 4.78 is 0. The Morgan fingerprint density at radius 2 is 1.47 bits per heavy atom. The average Bonchev–Trinajstić information content (AvgIpc) is 2.27. The highest BCUT2D eigenvalue weighted by Gasteiger charge is 2.18. The van der Waals surface area contributed by atoms with Gasteiger partial charge in [-0.05, 0) is 28.4 Å². The molecule has 1 nitrogen and oxygen atoms in total. The van der Waals surface area contributed by atoms with Gasteiger partial charge in [-0.1, -0.05) is 72.7 Å². The van der Waals surface area contributed by atoms with E-state index in [0.717, 1.165) is 6.54 Å². The zero-order valence-corrected chi connectivity index (χ0v) is 13.7. The number of hydrogen-bond acceptors (Lipinski definition) is 1. The molecule has 0 fully saturated rings. The molecule has 1 heteroatoms. The van der Waals surface area contributed by atoms with Gasteiger partial charge in [0.05, 0.1) is 0 Å². The molecule has 108 valence electrons. The van der Waals surface area contributed by atoms with Crippen LogP contribution in [0.2, 0.25) is 0 Å². The molecule has 0 heterocycles. The van der Waals surface area contributed by atoms with Crippen LogP contribution in [0.5, 0.6) is 0 Å². The van der Waals surface area contributed by atoms with E-state index in [1.165, 1.54) is 11.1 Å². The van der Waals surface area contributed by atoms with E-state index in [9.17, 15) is 0 Å². The molecule has 0 saturated carbocycles. The Kier molecular flexibility index (Phi) is 5.61. The van der Waals surface area contributed by atoms with Crippen LogP contribution < -0.4 is 5.32 Å². The van der Waals surface area contributed by atoms with Gasteiger partial charge in [0.15, 0.2) is 0 Å². The predicted octanol–water partition coefficient (Wildman–Crippen LogP) is 4.72. The van der Waals surface area contributed by atoms with E-state index in [1.54, 1.807) is 0 Å². The second-order valence-electron chi connectivity index (χ2n) is 7.29. The van der Waals surface area contributed by atoms with Crippen molar-refractivity contribution >= 4 is 0 Å². The maximum Gasteiger partial charge on any atom is 0.00249 e. The van der Waals surface area contributed by atoms with E-state index < -0.39 is 0 Å². The van der Waals surface area contributed by atoms with Gasteiger partial charge in [-0.3, -0.25) is 0 Å². The van der Waals surface area contributed by atoms with Gasteiger partial charge < -0.3 is 5.32 Å². The first kappa shape index (κ1) is 16.2. The molecule has 1 rings (SSSR count). The van der Waals surface area contributed by atoms with Crippen LogP contribution >= 0.6 is 0 Å². The van der Waals surface area contributed by atoms with Crippen molar-refractivity contribution in [1.29, 1.82) is 0 Å². The van der Waals surface area contributed by atoms with Crippen molar-refractivity contribution in [3.8, 4) is 0 Å². The molecule has 0 spiro atoms. The SMILES string of the molecule is CC(C)NCC(c1ccc(C(C)(C)C)cc1)C(C)C. The minimum atomic E-state index is 0.238. The molecule has 1 aromatic carbocycles. The summed E-state index contributed by atoms with van der Waals surface area (Å²) in [5.41, 5.74) is 3.11. The van der Waals surface area contributed by atoms with Crippen LogP contribution in [0.25, 0.3) is 0 Å². The van der Waals surface area contributed by atoms with Crippen molar-refractivity contribution < 1.29 is 0 Å². The molecule has 0 aliphatic carbocycles. The molecule has 0 amide bonds. The lowest BCUT2D eigenvalue weighted by molar-refractivity contribution is 0.441. The summed E-state index contributed by atoms with van der Waals surface area (Å²) in [6.45, 7) is 16.9. The molecule has 1 aromatic rings. The molecular weight excluding hydrogens is 230 g/mol. The summed E-state index contributed by atoms with van der Waals surface area (Å²) in [6, 6.07) is 9.76. The highest BCUT2D eigenvalue weighted by molar-refractivity contribution is 5.30. The summed E-state index contributed by atoms with van der Waals surface area (Å²) in [6.07, 6.45) is 0. The van der Waals surface area contributed by atoms with E-state index in [0.29, 0.717) is 17.9 Å². The molecule has 1 N–H and O–H groups in total. The topological polar surface area (TPSA) is 12.0 Å². The van der Waals surface area contributed by atoms with E-state index in [4.69, 9.17) is 0 Å². The van der Waals surface area contributed by atoms with E-state index in [-0.39, 0.29) is 5.41 Å². The van der Waals surface area contributed by atoms with Crippen LogP contribution in [-0.2, 0) is 5.41 Å². The molecule has 19 heavy (non-hydrogen) atoms. The van der Waals surface area contributed by atoms with Crippen LogP contribution in [0, 0.1) is 5.92 Å².